The Bertz CT molecular complexity index is 689. The lowest BCUT2D eigenvalue weighted by atomic mass is 10.1. The summed E-state index contributed by atoms with van der Waals surface area (Å²) in [6, 6.07) is 8.28. The van der Waals surface area contributed by atoms with E-state index in [1.807, 2.05) is 39.1 Å². The van der Waals surface area contributed by atoms with Gasteiger partial charge in [-0.1, -0.05) is 18.2 Å². The van der Waals surface area contributed by atoms with Gasteiger partial charge >= 0.3 is 0 Å². The first kappa shape index (κ1) is 23.0. The number of ether oxygens (including phenoxy) is 1. The highest BCUT2D eigenvalue weighted by Gasteiger charge is 2.22. The van der Waals surface area contributed by atoms with Gasteiger partial charge in [-0.3, -0.25) is 14.7 Å². The third kappa shape index (κ3) is 7.93. The van der Waals surface area contributed by atoms with Gasteiger partial charge in [0, 0.05) is 51.4 Å². The molecule has 1 aromatic rings. The SMILES string of the molecule is CN=C(NCc1ccccc1OC(C)(C)C)N1CCN(CC(=O)NC(C)C)CC1. The van der Waals surface area contributed by atoms with Gasteiger partial charge in [-0.05, 0) is 40.7 Å². The summed E-state index contributed by atoms with van der Waals surface area (Å²) in [6.07, 6.45) is 0. The van der Waals surface area contributed by atoms with E-state index < -0.39 is 0 Å². The summed E-state index contributed by atoms with van der Waals surface area (Å²) in [7, 11) is 1.81. The smallest absolute Gasteiger partial charge is 0.234 e. The molecule has 0 bridgehead atoms. The molecule has 7 nitrogen and oxygen atoms in total. The molecule has 1 fully saturated rings. The maximum absolute atomic E-state index is 12.0. The second-order valence-corrected chi connectivity index (χ2v) is 8.71. The molecule has 0 radical (unpaired) electrons. The van der Waals surface area contributed by atoms with E-state index in [4.69, 9.17) is 4.74 Å². The van der Waals surface area contributed by atoms with Crippen molar-refractivity contribution in [3.8, 4) is 5.75 Å². The van der Waals surface area contributed by atoms with Crippen LogP contribution in [0.15, 0.2) is 29.3 Å². The first-order chi connectivity index (χ1) is 13.7. The van der Waals surface area contributed by atoms with Crippen molar-refractivity contribution in [2.45, 2.75) is 52.8 Å². The van der Waals surface area contributed by atoms with Gasteiger partial charge in [0.1, 0.15) is 11.4 Å². The molecule has 1 aliphatic rings. The van der Waals surface area contributed by atoms with Crippen molar-refractivity contribution < 1.29 is 9.53 Å². The Kier molecular flexibility index (Phi) is 8.32. The lowest BCUT2D eigenvalue weighted by Crippen LogP contribution is -2.54. The monoisotopic (exact) mass is 403 g/mol. The number of hydrogen-bond donors (Lipinski definition) is 2. The number of hydrogen-bond acceptors (Lipinski definition) is 4. The predicted molar refractivity (Wildman–Crippen MR) is 118 cm³/mol. The van der Waals surface area contributed by atoms with Gasteiger partial charge in [-0.25, -0.2) is 0 Å². The molecule has 0 aliphatic carbocycles. The molecule has 162 valence electrons. The van der Waals surface area contributed by atoms with E-state index in [0.717, 1.165) is 43.5 Å². The zero-order chi connectivity index (χ0) is 21.4. The van der Waals surface area contributed by atoms with Crippen LogP contribution < -0.4 is 15.4 Å². The molecule has 0 spiro atoms. The molecule has 1 saturated heterocycles. The van der Waals surface area contributed by atoms with Crippen LogP contribution in [0.2, 0.25) is 0 Å². The number of guanidine groups is 1. The quantitative estimate of drug-likeness (QED) is 0.562. The summed E-state index contributed by atoms with van der Waals surface area (Å²) >= 11 is 0. The highest BCUT2D eigenvalue weighted by Crippen LogP contribution is 2.22. The third-order valence-electron chi connectivity index (χ3n) is 4.53. The number of carbonyl (C=O) groups excluding carboxylic acids is 1. The molecule has 0 atom stereocenters. The Balaban J connectivity index is 1.87. The second kappa shape index (κ2) is 10.5. The van der Waals surface area contributed by atoms with Crippen molar-refractivity contribution in [1.29, 1.82) is 0 Å². The van der Waals surface area contributed by atoms with Crippen LogP contribution in [-0.2, 0) is 11.3 Å². The maximum Gasteiger partial charge on any atom is 0.234 e. The van der Waals surface area contributed by atoms with Gasteiger partial charge < -0.3 is 20.3 Å². The molecule has 0 saturated carbocycles. The van der Waals surface area contributed by atoms with E-state index in [2.05, 4.69) is 52.3 Å². The molecule has 2 rings (SSSR count). The van der Waals surface area contributed by atoms with Crippen molar-refractivity contribution in [1.82, 2.24) is 20.4 Å². The number of carbonyl (C=O) groups is 1. The van der Waals surface area contributed by atoms with Crippen LogP contribution in [-0.4, -0.2) is 73.1 Å². The number of nitrogens with zero attached hydrogens (tertiary/aromatic N) is 3. The van der Waals surface area contributed by atoms with Gasteiger partial charge in [-0.2, -0.15) is 0 Å². The van der Waals surface area contributed by atoms with E-state index in [1.54, 1.807) is 0 Å². The number of rotatable bonds is 6. The van der Waals surface area contributed by atoms with E-state index in [1.165, 1.54) is 0 Å². The zero-order valence-corrected chi connectivity index (χ0v) is 18.8. The normalized spacial score (nSPS) is 16.1. The van der Waals surface area contributed by atoms with Crippen molar-refractivity contribution in [3.05, 3.63) is 29.8 Å². The van der Waals surface area contributed by atoms with E-state index in [9.17, 15) is 4.79 Å². The molecule has 29 heavy (non-hydrogen) atoms. The van der Waals surface area contributed by atoms with Gasteiger partial charge in [0.2, 0.25) is 5.91 Å². The van der Waals surface area contributed by atoms with Gasteiger partial charge in [0.05, 0.1) is 6.54 Å². The first-order valence-corrected chi connectivity index (χ1v) is 10.4. The van der Waals surface area contributed by atoms with Crippen LogP contribution in [0.25, 0.3) is 0 Å². The molecule has 7 heteroatoms. The first-order valence-electron chi connectivity index (χ1n) is 10.4. The largest absolute Gasteiger partial charge is 0.488 e. The highest BCUT2D eigenvalue weighted by molar-refractivity contribution is 5.80. The summed E-state index contributed by atoms with van der Waals surface area (Å²) < 4.78 is 6.08. The van der Waals surface area contributed by atoms with Crippen LogP contribution in [0.3, 0.4) is 0 Å². The average Bonchev–Trinajstić information content (AvgIpc) is 2.62. The molecular weight excluding hydrogens is 366 g/mol. The second-order valence-electron chi connectivity index (χ2n) is 8.71. The van der Waals surface area contributed by atoms with E-state index in [0.29, 0.717) is 13.1 Å². The number of para-hydroxylation sites is 1. The fraction of sp³-hybridized carbons (Fsp3) is 0.636. The van der Waals surface area contributed by atoms with E-state index in [-0.39, 0.29) is 17.6 Å². The number of nitrogens with one attached hydrogen (secondary N) is 2. The van der Waals surface area contributed by atoms with Crippen molar-refractivity contribution >= 4 is 11.9 Å². The lowest BCUT2D eigenvalue weighted by Gasteiger charge is -2.36. The van der Waals surface area contributed by atoms with Crippen LogP contribution in [0, 0.1) is 0 Å². The molecular formula is C22H37N5O2. The van der Waals surface area contributed by atoms with Crippen LogP contribution in [0.1, 0.15) is 40.2 Å². The standard InChI is InChI=1S/C22H37N5O2/c1-17(2)25-20(28)16-26-11-13-27(14-12-26)21(23-6)24-15-18-9-7-8-10-19(18)29-22(3,4)5/h7-10,17H,11-16H2,1-6H3,(H,23,24)(H,25,28). The molecule has 1 aromatic carbocycles. The molecule has 1 amide bonds. The van der Waals surface area contributed by atoms with Crippen LogP contribution in [0.4, 0.5) is 0 Å². The minimum absolute atomic E-state index is 0.0893. The zero-order valence-electron chi connectivity index (χ0n) is 18.8. The summed E-state index contributed by atoms with van der Waals surface area (Å²) in [5.41, 5.74) is 0.864. The van der Waals surface area contributed by atoms with Crippen LogP contribution in [0.5, 0.6) is 5.75 Å². The maximum atomic E-state index is 12.0. The summed E-state index contributed by atoms with van der Waals surface area (Å²) in [5.74, 6) is 1.86. The van der Waals surface area contributed by atoms with Crippen LogP contribution >= 0.6 is 0 Å². The average molecular weight is 404 g/mol. The lowest BCUT2D eigenvalue weighted by molar-refractivity contribution is -0.123. The Morgan fingerprint density at radius 1 is 1.17 bits per heavy atom. The van der Waals surface area contributed by atoms with Crippen molar-refractivity contribution in [2.24, 2.45) is 4.99 Å². The number of aliphatic imine (C=N–C) groups is 1. The Morgan fingerprint density at radius 2 is 1.83 bits per heavy atom. The van der Waals surface area contributed by atoms with Gasteiger partial charge in [-0.15, -0.1) is 0 Å². The van der Waals surface area contributed by atoms with E-state index >= 15 is 0 Å². The fourth-order valence-electron chi connectivity index (χ4n) is 3.27. The summed E-state index contributed by atoms with van der Waals surface area (Å²) in [4.78, 5) is 20.8. The Hall–Kier alpha value is -2.28. The summed E-state index contributed by atoms with van der Waals surface area (Å²) in [5, 5.41) is 6.41. The number of piperazine rings is 1. The Morgan fingerprint density at radius 3 is 2.41 bits per heavy atom. The molecule has 0 aromatic heterocycles. The molecule has 0 unspecified atom stereocenters. The van der Waals surface area contributed by atoms with Gasteiger partial charge in [0.25, 0.3) is 0 Å². The molecule has 1 aliphatic heterocycles. The number of benzene rings is 1. The van der Waals surface area contributed by atoms with Crippen molar-refractivity contribution in [2.75, 3.05) is 39.8 Å². The minimum atomic E-state index is -0.240. The molecule has 2 N–H and O–H groups in total. The third-order valence-corrected chi connectivity index (χ3v) is 4.53. The fourth-order valence-corrected chi connectivity index (χ4v) is 3.27. The Labute approximate surface area is 175 Å². The van der Waals surface area contributed by atoms with Crippen molar-refractivity contribution in [3.63, 3.8) is 0 Å². The predicted octanol–water partition coefficient (Wildman–Crippen LogP) is 2.08. The topological polar surface area (TPSA) is 69.2 Å². The van der Waals surface area contributed by atoms with Gasteiger partial charge in [0.15, 0.2) is 5.96 Å². The molecule has 1 heterocycles. The highest BCUT2D eigenvalue weighted by atomic mass is 16.5. The summed E-state index contributed by atoms with van der Waals surface area (Å²) in [6.45, 7) is 14.6. The minimum Gasteiger partial charge on any atom is -0.488 e. The number of amides is 1.